The summed E-state index contributed by atoms with van der Waals surface area (Å²) in [5.74, 6) is 0. The molecule has 0 saturated carbocycles. The minimum absolute atomic E-state index is 0.737. The van der Waals surface area contributed by atoms with Crippen LogP contribution in [-0.2, 0) is 8.85 Å². The monoisotopic (exact) mass is 202 g/mol. The third kappa shape index (κ3) is 2.33. The maximum absolute atomic E-state index is 5.71. The van der Waals surface area contributed by atoms with Crippen LogP contribution in [0.2, 0.25) is 11.6 Å². The maximum atomic E-state index is 5.71. The topological polar surface area (TPSA) is 18.5 Å². The van der Waals surface area contributed by atoms with Crippen molar-refractivity contribution in [3.63, 3.8) is 0 Å². The highest BCUT2D eigenvalue weighted by Crippen LogP contribution is 2.41. The third-order valence-corrected chi connectivity index (χ3v) is 7.53. The summed E-state index contributed by atoms with van der Waals surface area (Å²) in [6, 6.07) is 1.20. The third-order valence-electron chi connectivity index (χ3n) is 3.28. The Kier molecular flexibility index (Phi) is 4.42. The van der Waals surface area contributed by atoms with Gasteiger partial charge >= 0.3 is 8.56 Å². The summed E-state index contributed by atoms with van der Waals surface area (Å²) in [6.45, 7) is 2.25. The summed E-state index contributed by atoms with van der Waals surface area (Å²) in [5, 5.41) is 0. The first-order valence-corrected chi connectivity index (χ1v) is 7.49. The molecule has 1 rings (SSSR count). The lowest BCUT2D eigenvalue weighted by Gasteiger charge is -2.38. The summed E-state index contributed by atoms with van der Waals surface area (Å²) >= 11 is 0. The Labute approximate surface area is 82.9 Å². The Morgan fingerprint density at radius 2 is 1.92 bits per heavy atom. The van der Waals surface area contributed by atoms with Crippen LogP contribution in [0, 0.1) is 0 Å². The molecule has 1 atom stereocenters. The zero-order chi connectivity index (χ0) is 9.73. The Hall–Kier alpha value is 0.137. The Morgan fingerprint density at radius 3 is 2.46 bits per heavy atom. The van der Waals surface area contributed by atoms with Crippen LogP contribution < -0.4 is 0 Å². The average Bonchev–Trinajstić information content (AvgIpc) is 2.20. The van der Waals surface area contributed by atoms with Crippen molar-refractivity contribution in [2.45, 2.75) is 50.6 Å². The van der Waals surface area contributed by atoms with Crippen molar-refractivity contribution in [1.82, 2.24) is 0 Å². The van der Waals surface area contributed by atoms with E-state index in [9.17, 15) is 0 Å². The van der Waals surface area contributed by atoms with Gasteiger partial charge in [0.15, 0.2) is 0 Å². The van der Waals surface area contributed by atoms with E-state index in [-0.39, 0.29) is 0 Å². The number of hydrogen-bond donors (Lipinski definition) is 0. The van der Waals surface area contributed by atoms with E-state index < -0.39 is 8.56 Å². The van der Waals surface area contributed by atoms with Gasteiger partial charge in [0.05, 0.1) is 0 Å². The molecule has 0 spiro atoms. The second-order valence-electron chi connectivity index (χ2n) is 3.95. The summed E-state index contributed by atoms with van der Waals surface area (Å²) in [6.07, 6.45) is 6.53. The minimum atomic E-state index is -1.78. The summed E-state index contributed by atoms with van der Waals surface area (Å²) in [5.41, 5.74) is 0.737. The first-order valence-electron chi connectivity index (χ1n) is 5.39. The van der Waals surface area contributed by atoms with Crippen LogP contribution in [0.1, 0.15) is 39.0 Å². The first-order chi connectivity index (χ1) is 6.29. The van der Waals surface area contributed by atoms with Crippen LogP contribution in [0.15, 0.2) is 0 Å². The fourth-order valence-corrected chi connectivity index (χ4v) is 6.28. The molecular formula is C10H22O2Si. The second-order valence-corrected chi connectivity index (χ2v) is 7.71. The lowest BCUT2D eigenvalue weighted by atomic mass is 10.1. The minimum Gasteiger partial charge on any atom is -0.397 e. The zero-order valence-corrected chi connectivity index (χ0v) is 10.1. The van der Waals surface area contributed by atoms with E-state index in [1.54, 1.807) is 0 Å². The molecule has 0 aromatic heterocycles. The van der Waals surface area contributed by atoms with E-state index in [0.717, 1.165) is 5.54 Å². The van der Waals surface area contributed by atoms with Gasteiger partial charge in [0, 0.05) is 19.8 Å². The van der Waals surface area contributed by atoms with E-state index in [1.807, 2.05) is 14.2 Å². The molecule has 0 aromatic rings. The van der Waals surface area contributed by atoms with Gasteiger partial charge in [0.2, 0.25) is 0 Å². The number of rotatable bonds is 4. The van der Waals surface area contributed by atoms with Gasteiger partial charge in [-0.25, -0.2) is 0 Å². The summed E-state index contributed by atoms with van der Waals surface area (Å²) in [4.78, 5) is 0. The van der Waals surface area contributed by atoms with Gasteiger partial charge in [-0.3, -0.25) is 0 Å². The van der Waals surface area contributed by atoms with Crippen molar-refractivity contribution >= 4 is 8.56 Å². The standard InChI is InChI=1S/C10H22O2Si/c1-4-7-10-8-5-6-9-13(10,11-2)12-3/h10H,4-9H2,1-3H3. The van der Waals surface area contributed by atoms with Crippen molar-refractivity contribution in [2.24, 2.45) is 0 Å². The zero-order valence-electron chi connectivity index (χ0n) is 9.14. The van der Waals surface area contributed by atoms with Gasteiger partial charge in [0.1, 0.15) is 0 Å². The molecule has 1 fully saturated rings. The van der Waals surface area contributed by atoms with Gasteiger partial charge in [-0.15, -0.1) is 0 Å². The highest BCUT2D eigenvalue weighted by atomic mass is 28.4. The van der Waals surface area contributed by atoms with Crippen molar-refractivity contribution < 1.29 is 8.85 Å². The van der Waals surface area contributed by atoms with Crippen molar-refractivity contribution in [1.29, 1.82) is 0 Å². The van der Waals surface area contributed by atoms with Crippen LogP contribution >= 0.6 is 0 Å². The molecule has 1 saturated heterocycles. The van der Waals surface area contributed by atoms with Crippen LogP contribution in [0.3, 0.4) is 0 Å². The van der Waals surface area contributed by atoms with Crippen molar-refractivity contribution in [3.05, 3.63) is 0 Å². The van der Waals surface area contributed by atoms with Gasteiger partial charge in [-0.05, 0) is 18.9 Å². The molecule has 0 aromatic carbocycles. The fraction of sp³-hybridized carbons (Fsp3) is 1.00. The smallest absolute Gasteiger partial charge is 0.340 e. The summed E-state index contributed by atoms with van der Waals surface area (Å²) in [7, 11) is 1.89. The highest BCUT2D eigenvalue weighted by molar-refractivity contribution is 6.69. The summed E-state index contributed by atoms with van der Waals surface area (Å²) < 4.78 is 11.4. The SMILES string of the molecule is CCCC1CCCC[Si]1(OC)OC. The molecule has 13 heavy (non-hydrogen) atoms. The van der Waals surface area contributed by atoms with E-state index in [2.05, 4.69) is 6.92 Å². The van der Waals surface area contributed by atoms with Gasteiger partial charge in [-0.1, -0.05) is 26.2 Å². The molecule has 1 heterocycles. The van der Waals surface area contributed by atoms with Crippen LogP contribution in [0.5, 0.6) is 0 Å². The van der Waals surface area contributed by atoms with E-state index >= 15 is 0 Å². The van der Waals surface area contributed by atoms with E-state index in [1.165, 1.54) is 38.1 Å². The van der Waals surface area contributed by atoms with Crippen LogP contribution in [0.4, 0.5) is 0 Å². The largest absolute Gasteiger partial charge is 0.397 e. The lowest BCUT2D eigenvalue weighted by molar-refractivity contribution is 0.212. The quantitative estimate of drug-likeness (QED) is 0.652. The molecular weight excluding hydrogens is 180 g/mol. The van der Waals surface area contributed by atoms with Crippen molar-refractivity contribution in [3.8, 4) is 0 Å². The normalized spacial score (nSPS) is 27.5. The first kappa shape index (κ1) is 11.2. The molecule has 0 radical (unpaired) electrons. The molecule has 78 valence electrons. The van der Waals surface area contributed by atoms with Crippen molar-refractivity contribution in [2.75, 3.05) is 14.2 Å². The predicted molar refractivity (Wildman–Crippen MR) is 57.1 cm³/mol. The molecule has 1 aliphatic rings. The van der Waals surface area contributed by atoms with Crippen LogP contribution in [-0.4, -0.2) is 22.8 Å². The molecule has 3 heteroatoms. The van der Waals surface area contributed by atoms with E-state index in [0.29, 0.717) is 0 Å². The van der Waals surface area contributed by atoms with Gasteiger partial charge in [0.25, 0.3) is 0 Å². The average molecular weight is 202 g/mol. The van der Waals surface area contributed by atoms with Crippen LogP contribution in [0.25, 0.3) is 0 Å². The maximum Gasteiger partial charge on any atom is 0.340 e. The molecule has 0 amide bonds. The molecule has 0 bridgehead atoms. The molecule has 2 nitrogen and oxygen atoms in total. The molecule has 1 aliphatic heterocycles. The second kappa shape index (κ2) is 5.13. The Morgan fingerprint density at radius 1 is 1.23 bits per heavy atom. The number of hydrogen-bond acceptors (Lipinski definition) is 2. The molecule has 0 N–H and O–H groups in total. The van der Waals surface area contributed by atoms with Gasteiger partial charge < -0.3 is 8.85 Å². The highest BCUT2D eigenvalue weighted by Gasteiger charge is 2.45. The Balaban J connectivity index is 2.63. The lowest BCUT2D eigenvalue weighted by Crippen LogP contribution is -2.46. The molecule has 0 aliphatic carbocycles. The Bertz CT molecular complexity index is 144. The predicted octanol–water partition coefficient (Wildman–Crippen LogP) is 3.08. The van der Waals surface area contributed by atoms with Gasteiger partial charge in [-0.2, -0.15) is 0 Å². The van der Waals surface area contributed by atoms with E-state index in [4.69, 9.17) is 8.85 Å². The fourth-order valence-electron chi connectivity index (χ4n) is 2.52. The molecule has 1 unspecified atom stereocenters.